The van der Waals surface area contributed by atoms with Crippen LogP contribution in [0, 0.1) is 0 Å². The zero-order valence-electron chi connectivity index (χ0n) is 13.6. The van der Waals surface area contributed by atoms with E-state index in [1.807, 2.05) is 24.0 Å². The van der Waals surface area contributed by atoms with E-state index in [0.717, 1.165) is 31.5 Å². The number of rotatable bonds is 3. The number of benzene rings is 1. The van der Waals surface area contributed by atoms with Gasteiger partial charge in [-0.15, -0.1) is 12.4 Å². The van der Waals surface area contributed by atoms with Gasteiger partial charge in [0.05, 0.1) is 17.4 Å². The third-order valence-corrected chi connectivity index (χ3v) is 4.59. The first kappa shape index (κ1) is 18.8. The zero-order chi connectivity index (χ0) is 16.4. The number of hydrogen-bond donors (Lipinski definition) is 1. The second kappa shape index (κ2) is 8.01. The molecule has 1 saturated heterocycles. The molecule has 2 heterocycles. The van der Waals surface area contributed by atoms with Gasteiger partial charge >= 0.3 is 0 Å². The van der Waals surface area contributed by atoms with E-state index >= 15 is 0 Å². The Morgan fingerprint density at radius 3 is 2.71 bits per heavy atom. The summed E-state index contributed by atoms with van der Waals surface area (Å²) in [7, 11) is 0. The van der Waals surface area contributed by atoms with Crippen LogP contribution in [0.2, 0.25) is 5.02 Å². The highest BCUT2D eigenvalue weighted by atomic mass is 35.5. The van der Waals surface area contributed by atoms with Gasteiger partial charge in [0.15, 0.2) is 0 Å². The molecule has 1 amide bonds. The van der Waals surface area contributed by atoms with Crippen LogP contribution in [0.25, 0.3) is 5.69 Å². The van der Waals surface area contributed by atoms with E-state index in [9.17, 15) is 4.79 Å². The average Bonchev–Trinajstić information content (AvgIpc) is 3.04. The van der Waals surface area contributed by atoms with Gasteiger partial charge in [-0.2, -0.15) is 5.10 Å². The highest BCUT2D eigenvalue weighted by molar-refractivity contribution is 6.30. The van der Waals surface area contributed by atoms with Crippen molar-refractivity contribution in [2.75, 3.05) is 6.54 Å². The lowest BCUT2D eigenvalue weighted by Crippen LogP contribution is -2.51. The van der Waals surface area contributed by atoms with Gasteiger partial charge in [0.2, 0.25) is 0 Å². The molecule has 0 aliphatic carbocycles. The maximum Gasteiger partial charge on any atom is 0.257 e. The van der Waals surface area contributed by atoms with Crippen molar-refractivity contribution in [2.24, 2.45) is 5.73 Å². The van der Waals surface area contributed by atoms with Gasteiger partial charge in [-0.25, -0.2) is 4.68 Å². The molecule has 1 aromatic heterocycles. The van der Waals surface area contributed by atoms with E-state index in [1.54, 1.807) is 29.2 Å². The van der Waals surface area contributed by atoms with Crippen LogP contribution in [0.1, 0.15) is 36.5 Å². The molecule has 0 spiro atoms. The van der Waals surface area contributed by atoms with Crippen LogP contribution < -0.4 is 5.73 Å². The Balaban J connectivity index is 0.00000208. The van der Waals surface area contributed by atoms with Crippen molar-refractivity contribution in [3.63, 3.8) is 0 Å². The van der Waals surface area contributed by atoms with E-state index in [2.05, 4.69) is 5.10 Å². The Kier molecular flexibility index (Phi) is 6.27. The first-order valence-corrected chi connectivity index (χ1v) is 8.31. The number of nitrogens with zero attached hydrogens (tertiary/aromatic N) is 3. The van der Waals surface area contributed by atoms with E-state index in [-0.39, 0.29) is 30.4 Å². The van der Waals surface area contributed by atoms with Crippen LogP contribution in [-0.2, 0) is 0 Å². The number of piperidine rings is 1. The Morgan fingerprint density at radius 1 is 1.33 bits per heavy atom. The van der Waals surface area contributed by atoms with Crippen molar-refractivity contribution in [2.45, 2.75) is 38.3 Å². The zero-order valence-corrected chi connectivity index (χ0v) is 15.1. The largest absolute Gasteiger partial charge is 0.334 e. The van der Waals surface area contributed by atoms with Gasteiger partial charge in [-0.3, -0.25) is 4.79 Å². The normalized spacial score (nSPS) is 18.8. The highest BCUT2D eigenvalue weighted by Crippen LogP contribution is 2.22. The monoisotopic (exact) mass is 368 g/mol. The summed E-state index contributed by atoms with van der Waals surface area (Å²) < 4.78 is 1.69. The molecule has 130 valence electrons. The van der Waals surface area contributed by atoms with Crippen molar-refractivity contribution >= 4 is 29.9 Å². The number of aromatic nitrogens is 2. The molecule has 1 aromatic carbocycles. The fourth-order valence-electron chi connectivity index (χ4n) is 3.09. The molecule has 7 heteroatoms. The molecule has 1 aliphatic heterocycles. The molecule has 2 unspecified atom stereocenters. The van der Waals surface area contributed by atoms with E-state index < -0.39 is 0 Å². The molecule has 2 N–H and O–H groups in total. The third kappa shape index (κ3) is 3.91. The summed E-state index contributed by atoms with van der Waals surface area (Å²) in [6.07, 6.45) is 6.50. The molecular formula is C17H22Cl2N4O. The number of carbonyl (C=O) groups excluding carboxylic acids is 1. The molecule has 5 nitrogen and oxygen atoms in total. The van der Waals surface area contributed by atoms with Gasteiger partial charge in [0.25, 0.3) is 5.91 Å². The van der Waals surface area contributed by atoms with E-state index in [4.69, 9.17) is 17.3 Å². The minimum absolute atomic E-state index is 0. The van der Waals surface area contributed by atoms with E-state index in [1.165, 1.54) is 0 Å². The topological polar surface area (TPSA) is 64.2 Å². The predicted octanol–water partition coefficient (Wildman–Crippen LogP) is 3.29. The molecule has 0 radical (unpaired) electrons. The molecule has 1 aliphatic rings. The maximum absolute atomic E-state index is 12.8. The molecular weight excluding hydrogens is 347 g/mol. The smallest absolute Gasteiger partial charge is 0.257 e. The molecule has 0 saturated carbocycles. The Labute approximate surface area is 153 Å². The standard InChI is InChI=1S/C17H21ClN4O.ClH/c1-12(19)16-4-2-3-9-21(16)17(23)13-10-20-22(11-13)15-7-5-14(18)6-8-15;/h5-8,10-12,16H,2-4,9,19H2,1H3;1H. The summed E-state index contributed by atoms with van der Waals surface area (Å²) in [5.41, 5.74) is 7.52. The SMILES string of the molecule is CC(N)C1CCCCN1C(=O)c1cnn(-c2ccc(Cl)cc2)c1.Cl. The minimum atomic E-state index is -0.0226. The Hall–Kier alpha value is -1.56. The summed E-state index contributed by atoms with van der Waals surface area (Å²) in [4.78, 5) is 14.7. The average molecular weight is 369 g/mol. The predicted molar refractivity (Wildman–Crippen MR) is 98.1 cm³/mol. The second-order valence-corrected chi connectivity index (χ2v) is 6.51. The lowest BCUT2D eigenvalue weighted by molar-refractivity contribution is 0.0584. The second-order valence-electron chi connectivity index (χ2n) is 6.07. The third-order valence-electron chi connectivity index (χ3n) is 4.34. The molecule has 2 aromatic rings. The van der Waals surface area contributed by atoms with Crippen molar-refractivity contribution in [1.82, 2.24) is 14.7 Å². The maximum atomic E-state index is 12.8. The lowest BCUT2D eigenvalue weighted by Gasteiger charge is -2.37. The number of hydrogen-bond acceptors (Lipinski definition) is 3. The molecule has 2 atom stereocenters. The number of nitrogens with two attached hydrogens (primary N) is 1. The Bertz CT molecular complexity index is 684. The first-order valence-electron chi connectivity index (χ1n) is 7.93. The van der Waals surface area contributed by atoms with Gasteiger partial charge < -0.3 is 10.6 Å². The van der Waals surface area contributed by atoms with Crippen LogP contribution >= 0.6 is 24.0 Å². The molecule has 1 fully saturated rings. The lowest BCUT2D eigenvalue weighted by atomic mass is 9.96. The summed E-state index contributed by atoms with van der Waals surface area (Å²) in [5.74, 6) is 0.00668. The number of likely N-dealkylation sites (tertiary alicyclic amines) is 1. The van der Waals surface area contributed by atoms with Gasteiger partial charge in [0.1, 0.15) is 0 Å². The van der Waals surface area contributed by atoms with Gasteiger partial charge in [-0.05, 0) is 50.5 Å². The van der Waals surface area contributed by atoms with E-state index in [0.29, 0.717) is 10.6 Å². The van der Waals surface area contributed by atoms with Gasteiger partial charge in [-0.1, -0.05) is 11.6 Å². The summed E-state index contributed by atoms with van der Waals surface area (Å²) >= 11 is 5.90. The highest BCUT2D eigenvalue weighted by Gasteiger charge is 2.30. The van der Waals surface area contributed by atoms with Crippen LogP contribution in [0.5, 0.6) is 0 Å². The summed E-state index contributed by atoms with van der Waals surface area (Å²) in [6.45, 7) is 2.73. The van der Waals surface area contributed by atoms with Crippen LogP contribution in [0.4, 0.5) is 0 Å². The fourth-order valence-corrected chi connectivity index (χ4v) is 3.22. The quantitative estimate of drug-likeness (QED) is 0.903. The van der Waals surface area contributed by atoms with Gasteiger partial charge in [0, 0.05) is 29.8 Å². The van der Waals surface area contributed by atoms with Crippen LogP contribution in [0.3, 0.4) is 0 Å². The van der Waals surface area contributed by atoms with Crippen molar-refractivity contribution in [3.8, 4) is 5.69 Å². The number of amides is 1. The summed E-state index contributed by atoms with van der Waals surface area (Å²) in [5, 5.41) is 4.97. The minimum Gasteiger partial charge on any atom is -0.334 e. The number of halogens is 2. The molecule has 24 heavy (non-hydrogen) atoms. The number of carbonyl (C=O) groups is 1. The van der Waals surface area contributed by atoms with Crippen molar-refractivity contribution < 1.29 is 4.79 Å². The fraction of sp³-hybridized carbons (Fsp3) is 0.412. The Morgan fingerprint density at radius 2 is 2.04 bits per heavy atom. The molecule has 0 bridgehead atoms. The van der Waals surface area contributed by atoms with Crippen LogP contribution in [-0.4, -0.2) is 39.2 Å². The van der Waals surface area contributed by atoms with Crippen molar-refractivity contribution in [3.05, 3.63) is 47.2 Å². The first-order chi connectivity index (χ1) is 11.1. The van der Waals surface area contributed by atoms with Crippen molar-refractivity contribution in [1.29, 1.82) is 0 Å². The molecule has 3 rings (SSSR count). The summed E-state index contributed by atoms with van der Waals surface area (Å²) in [6, 6.07) is 7.43. The van der Waals surface area contributed by atoms with Crippen LogP contribution in [0.15, 0.2) is 36.7 Å².